The summed E-state index contributed by atoms with van der Waals surface area (Å²) in [6.45, 7) is 7.60. The molecule has 0 spiro atoms. The number of aryl methyl sites for hydroxylation is 1. The molecule has 1 aromatic rings. The lowest BCUT2D eigenvalue weighted by Crippen LogP contribution is -2.35. The molecule has 100 valence electrons. The Labute approximate surface area is 111 Å². The van der Waals surface area contributed by atoms with E-state index in [-0.39, 0.29) is 5.54 Å². The van der Waals surface area contributed by atoms with Gasteiger partial charge in [0, 0.05) is 18.1 Å². The van der Waals surface area contributed by atoms with E-state index in [1.54, 1.807) is 5.56 Å². The summed E-state index contributed by atoms with van der Waals surface area (Å²) >= 11 is 0. The van der Waals surface area contributed by atoms with Crippen molar-refractivity contribution in [3.05, 3.63) is 34.9 Å². The first kappa shape index (κ1) is 13.6. The van der Waals surface area contributed by atoms with E-state index in [2.05, 4.69) is 56.7 Å². The molecule has 2 heteroatoms. The maximum absolute atomic E-state index is 3.55. The normalized spacial score (nSPS) is 19.7. The predicted molar refractivity (Wildman–Crippen MR) is 77.9 cm³/mol. The Morgan fingerprint density at radius 2 is 2.00 bits per heavy atom. The molecule has 1 aliphatic carbocycles. The lowest BCUT2D eigenvalue weighted by molar-refractivity contribution is 0.424. The van der Waals surface area contributed by atoms with Crippen molar-refractivity contribution in [3.63, 3.8) is 0 Å². The van der Waals surface area contributed by atoms with Gasteiger partial charge in [0.25, 0.3) is 0 Å². The first-order chi connectivity index (χ1) is 8.48. The molecule has 0 saturated heterocycles. The average molecular weight is 246 g/mol. The van der Waals surface area contributed by atoms with Gasteiger partial charge in [-0.25, -0.2) is 0 Å². The number of hydrogen-bond donors (Lipinski definition) is 2. The van der Waals surface area contributed by atoms with Crippen LogP contribution in [0.5, 0.6) is 0 Å². The molecule has 1 atom stereocenters. The summed E-state index contributed by atoms with van der Waals surface area (Å²) in [5.74, 6) is 0. The molecule has 2 nitrogen and oxygen atoms in total. The van der Waals surface area contributed by atoms with Gasteiger partial charge in [-0.15, -0.1) is 0 Å². The van der Waals surface area contributed by atoms with Gasteiger partial charge in [0.05, 0.1) is 0 Å². The van der Waals surface area contributed by atoms with Crippen molar-refractivity contribution in [2.24, 2.45) is 0 Å². The average Bonchev–Trinajstić information content (AvgIpc) is 2.34. The van der Waals surface area contributed by atoms with Crippen molar-refractivity contribution in [3.8, 4) is 0 Å². The zero-order valence-electron chi connectivity index (χ0n) is 12.1. The highest BCUT2D eigenvalue weighted by Gasteiger charge is 2.17. The fourth-order valence-corrected chi connectivity index (χ4v) is 2.53. The molecule has 1 aromatic carbocycles. The van der Waals surface area contributed by atoms with Crippen LogP contribution in [0.4, 0.5) is 0 Å². The Balaban J connectivity index is 2.04. The molecule has 0 aliphatic heterocycles. The van der Waals surface area contributed by atoms with Gasteiger partial charge in [0.2, 0.25) is 0 Å². The summed E-state index contributed by atoms with van der Waals surface area (Å²) in [6, 6.07) is 7.64. The van der Waals surface area contributed by atoms with Gasteiger partial charge in [-0.05, 0) is 63.8 Å². The quantitative estimate of drug-likeness (QED) is 0.857. The summed E-state index contributed by atoms with van der Waals surface area (Å²) in [5, 5.41) is 6.94. The highest BCUT2D eigenvalue weighted by molar-refractivity contribution is 5.34. The van der Waals surface area contributed by atoms with Gasteiger partial charge in [-0.3, -0.25) is 0 Å². The Kier molecular flexibility index (Phi) is 4.08. The minimum atomic E-state index is 0.188. The Morgan fingerprint density at radius 3 is 2.67 bits per heavy atom. The maximum Gasteiger partial charge on any atom is 0.0210 e. The van der Waals surface area contributed by atoms with Crippen molar-refractivity contribution in [1.82, 2.24) is 10.6 Å². The van der Waals surface area contributed by atoms with Gasteiger partial charge in [0.1, 0.15) is 0 Å². The molecule has 0 amide bonds. The lowest BCUT2D eigenvalue weighted by atomic mass is 9.87. The van der Waals surface area contributed by atoms with Crippen molar-refractivity contribution < 1.29 is 0 Å². The largest absolute Gasteiger partial charge is 0.317 e. The van der Waals surface area contributed by atoms with Crippen LogP contribution in [0.15, 0.2) is 18.2 Å². The monoisotopic (exact) mass is 246 g/mol. The molecule has 0 radical (unpaired) electrons. The van der Waals surface area contributed by atoms with Crippen LogP contribution in [0.2, 0.25) is 0 Å². The SMILES string of the molecule is CNC1CCc2cc(CNC(C)(C)C)ccc2C1. The Hall–Kier alpha value is -0.860. The van der Waals surface area contributed by atoms with E-state index in [0.717, 1.165) is 6.54 Å². The third kappa shape index (κ3) is 3.56. The summed E-state index contributed by atoms with van der Waals surface area (Å²) in [7, 11) is 2.07. The molecule has 1 unspecified atom stereocenters. The van der Waals surface area contributed by atoms with E-state index in [9.17, 15) is 0 Å². The fraction of sp³-hybridized carbons (Fsp3) is 0.625. The molecule has 0 aromatic heterocycles. The van der Waals surface area contributed by atoms with E-state index in [1.807, 2.05) is 0 Å². The molecule has 2 rings (SSSR count). The van der Waals surface area contributed by atoms with Crippen LogP contribution in [-0.2, 0) is 19.4 Å². The molecule has 0 fully saturated rings. The molecular formula is C16H26N2. The second-order valence-corrected chi connectivity index (χ2v) is 6.44. The van der Waals surface area contributed by atoms with Crippen LogP contribution in [-0.4, -0.2) is 18.6 Å². The van der Waals surface area contributed by atoms with Crippen LogP contribution in [0.1, 0.15) is 43.9 Å². The van der Waals surface area contributed by atoms with E-state index in [1.165, 1.54) is 30.4 Å². The molecular weight excluding hydrogens is 220 g/mol. The molecule has 0 heterocycles. The maximum atomic E-state index is 3.55. The first-order valence-corrected chi connectivity index (χ1v) is 7.01. The second kappa shape index (κ2) is 5.41. The molecule has 1 aliphatic rings. The molecule has 2 N–H and O–H groups in total. The number of hydrogen-bond acceptors (Lipinski definition) is 2. The van der Waals surface area contributed by atoms with E-state index in [4.69, 9.17) is 0 Å². The van der Waals surface area contributed by atoms with Crippen LogP contribution in [0, 0.1) is 0 Å². The standard InChI is InChI=1S/C16H26N2/c1-16(2,3)18-11-12-5-6-14-10-15(17-4)8-7-13(14)9-12/h5-6,9,15,17-18H,7-8,10-11H2,1-4H3. The van der Waals surface area contributed by atoms with Crippen molar-refractivity contribution in [1.29, 1.82) is 0 Å². The first-order valence-electron chi connectivity index (χ1n) is 7.01. The summed E-state index contributed by atoms with van der Waals surface area (Å²) in [5.41, 5.74) is 4.68. The molecule has 18 heavy (non-hydrogen) atoms. The highest BCUT2D eigenvalue weighted by atomic mass is 14.9. The van der Waals surface area contributed by atoms with E-state index in [0.29, 0.717) is 6.04 Å². The topological polar surface area (TPSA) is 24.1 Å². The van der Waals surface area contributed by atoms with Crippen LogP contribution in [0.3, 0.4) is 0 Å². The van der Waals surface area contributed by atoms with Gasteiger partial charge in [0.15, 0.2) is 0 Å². The van der Waals surface area contributed by atoms with E-state index >= 15 is 0 Å². The van der Waals surface area contributed by atoms with Gasteiger partial charge < -0.3 is 10.6 Å². The summed E-state index contributed by atoms with van der Waals surface area (Å²) in [6.07, 6.45) is 3.66. The number of nitrogens with one attached hydrogen (secondary N) is 2. The van der Waals surface area contributed by atoms with Crippen LogP contribution < -0.4 is 10.6 Å². The molecule has 0 bridgehead atoms. The van der Waals surface area contributed by atoms with Crippen molar-refractivity contribution in [2.45, 2.75) is 58.2 Å². The van der Waals surface area contributed by atoms with E-state index < -0.39 is 0 Å². The van der Waals surface area contributed by atoms with Gasteiger partial charge in [-0.1, -0.05) is 18.2 Å². The zero-order valence-corrected chi connectivity index (χ0v) is 12.1. The third-order valence-electron chi connectivity index (χ3n) is 3.73. The van der Waals surface area contributed by atoms with Crippen LogP contribution in [0.25, 0.3) is 0 Å². The fourth-order valence-electron chi connectivity index (χ4n) is 2.53. The highest BCUT2D eigenvalue weighted by Crippen LogP contribution is 2.22. The minimum Gasteiger partial charge on any atom is -0.317 e. The van der Waals surface area contributed by atoms with Gasteiger partial charge >= 0.3 is 0 Å². The predicted octanol–water partition coefficient (Wildman–Crippen LogP) is 2.65. The van der Waals surface area contributed by atoms with Crippen LogP contribution >= 0.6 is 0 Å². The second-order valence-electron chi connectivity index (χ2n) is 6.44. The lowest BCUT2D eigenvalue weighted by Gasteiger charge is -2.25. The minimum absolute atomic E-state index is 0.188. The number of benzene rings is 1. The summed E-state index contributed by atoms with van der Waals surface area (Å²) in [4.78, 5) is 0. The smallest absolute Gasteiger partial charge is 0.0210 e. The Morgan fingerprint density at radius 1 is 1.22 bits per heavy atom. The number of fused-ring (bicyclic) bond motifs is 1. The Bertz CT molecular complexity index is 404. The van der Waals surface area contributed by atoms with Gasteiger partial charge in [-0.2, -0.15) is 0 Å². The molecule has 0 saturated carbocycles. The van der Waals surface area contributed by atoms with Crippen molar-refractivity contribution in [2.75, 3.05) is 7.05 Å². The number of likely N-dealkylation sites (N-methyl/N-ethyl adjacent to an activating group) is 1. The third-order valence-corrected chi connectivity index (χ3v) is 3.73. The number of rotatable bonds is 3. The summed E-state index contributed by atoms with van der Waals surface area (Å²) < 4.78 is 0. The zero-order chi connectivity index (χ0) is 13.2. The van der Waals surface area contributed by atoms with Crippen molar-refractivity contribution >= 4 is 0 Å².